The standard InChI is InChI=1S/C18H12Cl2FN5/c19-14-5-2-6-15(20)13(14)8-26-10-24-17(16-18(26)23-9-22-16)25-12-4-1-3-11(21)7-12/h1-7,9-10H,8H2,(H,22,23). The molecule has 2 aromatic carbocycles. The maximum Gasteiger partial charge on any atom is 0.181 e. The molecule has 26 heavy (non-hydrogen) atoms. The van der Waals surface area contributed by atoms with E-state index in [0.29, 0.717) is 38.9 Å². The van der Waals surface area contributed by atoms with Gasteiger partial charge in [-0.1, -0.05) is 35.3 Å². The quantitative estimate of drug-likeness (QED) is 0.562. The Kier molecular flexibility index (Phi) is 4.44. The summed E-state index contributed by atoms with van der Waals surface area (Å²) in [5, 5.41) is 1.14. The first-order valence-corrected chi connectivity index (χ1v) is 8.49. The van der Waals surface area contributed by atoms with Crippen molar-refractivity contribution in [3.05, 3.63) is 82.0 Å². The molecule has 1 N–H and O–H groups in total. The van der Waals surface area contributed by atoms with E-state index in [2.05, 4.69) is 19.9 Å². The summed E-state index contributed by atoms with van der Waals surface area (Å²) in [6, 6.07) is 11.4. The Morgan fingerprint density at radius 2 is 1.85 bits per heavy atom. The van der Waals surface area contributed by atoms with E-state index in [9.17, 15) is 4.39 Å². The molecule has 4 rings (SSSR count). The third kappa shape index (κ3) is 3.21. The molecule has 0 unspecified atom stereocenters. The van der Waals surface area contributed by atoms with Crippen LogP contribution in [0, 0.1) is 5.82 Å². The van der Waals surface area contributed by atoms with E-state index in [1.54, 1.807) is 43.0 Å². The third-order valence-corrected chi connectivity index (χ3v) is 4.58. The number of hydrogen-bond donors (Lipinski definition) is 1. The van der Waals surface area contributed by atoms with Gasteiger partial charge in [0.2, 0.25) is 0 Å². The van der Waals surface area contributed by atoms with Crippen molar-refractivity contribution in [3.8, 4) is 0 Å². The lowest BCUT2D eigenvalue weighted by molar-refractivity contribution is 0.628. The normalized spacial score (nSPS) is 12.0. The van der Waals surface area contributed by atoms with Crippen LogP contribution in [0.25, 0.3) is 11.2 Å². The monoisotopic (exact) mass is 387 g/mol. The van der Waals surface area contributed by atoms with Crippen molar-refractivity contribution < 1.29 is 4.39 Å². The van der Waals surface area contributed by atoms with E-state index >= 15 is 0 Å². The van der Waals surface area contributed by atoms with Gasteiger partial charge in [0.1, 0.15) is 11.3 Å². The molecule has 0 radical (unpaired) electrons. The zero-order valence-corrected chi connectivity index (χ0v) is 14.8. The van der Waals surface area contributed by atoms with Gasteiger partial charge in [-0.3, -0.25) is 0 Å². The number of benzene rings is 2. The average Bonchev–Trinajstić information content (AvgIpc) is 3.10. The van der Waals surface area contributed by atoms with Crippen LogP contribution >= 0.6 is 23.2 Å². The fraction of sp³-hybridized carbons (Fsp3) is 0.0556. The summed E-state index contributed by atoms with van der Waals surface area (Å²) in [4.78, 5) is 16.1. The Bertz CT molecular complexity index is 1150. The molecule has 0 bridgehead atoms. The average molecular weight is 388 g/mol. The van der Waals surface area contributed by atoms with Crippen LogP contribution < -0.4 is 5.49 Å². The van der Waals surface area contributed by atoms with Gasteiger partial charge < -0.3 is 9.55 Å². The van der Waals surface area contributed by atoms with Crippen molar-refractivity contribution in [1.29, 1.82) is 0 Å². The molecule has 0 atom stereocenters. The van der Waals surface area contributed by atoms with Gasteiger partial charge in [0, 0.05) is 15.6 Å². The number of rotatable bonds is 3. The van der Waals surface area contributed by atoms with Crippen molar-refractivity contribution in [2.45, 2.75) is 6.54 Å². The van der Waals surface area contributed by atoms with Crippen molar-refractivity contribution in [3.63, 3.8) is 0 Å². The Hall–Kier alpha value is -2.70. The molecule has 0 aliphatic rings. The number of fused-ring (bicyclic) bond motifs is 1. The smallest absolute Gasteiger partial charge is 0.181 e. The van der Waals surface area contributed by atoms with E-state index in [1.165, 1.54) is 12.1 Å². The molecule has 4 aromatic rings. The van der Waals surface area contributed by atoms with Crippen LogP contribution in [0.15, 0.2) is 60.1 Å². The molecular weight excluding hydrogens is 376 g/mol. The van der Waals surface area contributed by atoms with Crippen LogP contribution in [0.2, 0.25) is 10.0 Å². The summed E-state index contributed by atoms with van der Waals surface area (Å²) in [6.45, 7) is 0.410. The molecule has 0 aliphatic heterocycles. The predicted molar refractivity (Wildman–Crippen MR) is 99.1 cm³/mol. The molecule has 0 amide bonds. The van der Waals surface area contributed by atoms with Gasteiger partial charge in [-0.25, -0.2) is 19.4 Å². The number of aromatic amines is 1. The SMILES string of the molecule is Fc1cccc(N=c2ncn(Cc3c(Cl)cccc3Cl)c3nc[nH]c23)c1. The molecular formula is C18H12Cl2FN5. The second-order valence-corrected chi connectivity index (χ2v) is 6.40. The van der Waals surface area contributed by atoms with E-state index in [-0.39, 0.29) is 5.82 Å². The molecule has 5 nitrogen and oxygen atoms in total. The highest BCUT2D eigenvalue weighted by atomic mass is 35.5. The van der Waals surface area contributed by atoms with E-state index in [4.69, 9.17) is 23.2 Å². The zero-order chi connectivity index (χ0) is 18.1. The molecule has 2 aromatic heterocycles. The largest absolute Gasteiger partial charge is 0.340 e. The zero-order valence-electron chi connectivity index (χ0n) is 13.3. The van der Waals surface area contributed by atoms with Crippen molar-refractivity contribution >= 4 is 40.1 Å². The number of imidazole rings is 1. The number of hydrogen-bond acceptors (Lipinski definition) is 3. The molecule has 0 spiro atoms. The molecule has 2 heterocycles. The lowest BCUT2D eigenvalue weighted by atomic mass is 10.2. The number of aromatic nitrogens is 4. The molecule has 8 heteroatoms. The second-order valence-electron chi connectivity index (χ2n) is 5.59. The Balaban J connectivity index is 1.82. The number of nitrogens with one attached hydrogen (secondary N) is 1. The maximum atomic E-state index is 13.4. The molecule has 0 saturated carbocycles. The Morgan fingerprint density at radius 3 is 2.62 bits per heavy atom. The lowest BCUT2D eigenvalue weighted by Crippen LogP contribution is -2.15. The van der Waals surface area contributed by atoms with E-state index in [0.717, 1.165) is 5.56 Å². The third-order valence-electron chi connectivity index (χ3n) is 3.87. The number of halogens is 3. The minimum Gasteiger partial charge on any atom is -0.340 e. The Morgan fingerprint density at radius 1 is 1.08 bits per heavy atom. The highest BCUT2D eigenvalue weighted by Crippen LogP contribution is 2.25. The van der Waals surface area contributed by atoms with E-state index in [1.807, 2.05) is 4.57 Å². The van der Waals surface area contributed by atoms with Crippen LogP contribution in [-0.2, 0) is 6.54 Å². The van der Waals surface area contributed by atoms with Crippen molar-refractivity contribution in [2.75, 3.05) is 0 Å². The second kappa shape index (κ2) is 6.90. The molecule has 0 fully saturated rings. The molecule has 130 valence electrons. The molecule has 0 saturated heterocycles. The molecule has 0 aliphatic carbocycles. The summed E-state index contributed by atoms with van der Waals surface area (Å²) in [5.74, 6) is -0.355. The maximum absolute atomic E-state index is 13.4. The number of H-pyrrole nitrogens is 1. The summed E-state index contributed by atoms with van der Waals surface area (Å²) in [7, 11) is 0. The summed E-state index contributed by atoms with van der Waals surface area (Å²) < 4.78 is 15.2. The van der Waals surface area contributed by atoms with Gasteiger partial charge in [-0.05, 0) is 30.3 Å². The Labute approximate surface area is 157 Å². The van der Waals surface area contributed by atoms with Gasteiger partial charge in [-0.2, -0.15) is 0 Å². The highest BCUT2D eigenvalue weighted by molar-refractivity contribution is 6.36. The summed E-state index contributed by atoms with van der Waals surface area (Å²) in [5.41, 5.74) is 2.96. The van der Waals surface area contributed by atoms with E-state index < -0.39 is 0 Å². The summed E-state index contributed by atoms with van der Waals surface area (Å²) in [6.07, 6.45) is 3.17. The highest BCUT2D eigenvalue weighted by Gasteiger charge is 2.10. The topological polar surface area (TPSA) is 58.9 Å². The van der Waals surface area contributed by atoms with Crippen LogP contribution in [0.1, 0.15) is 5.56 Å². The van der Waals surface area contributed by atoms with Crippen molar-refractivity contribution in [2.24, 2.45) is 4.99 Å². The van der Waals surface area contributed by atoms with Gasteiger partial charge in [0.15, 0.2) is 11.1 Å². The van der Waals surface area contributed by atoms with Gasteiger partial charge in [0.25, 0.3) is 0 Å². The number of nitrogens with zero attached hydrogens (tertiary/aromatic N) is 4. The fourth-order valence-corrected chi connectivity index (χ4v) is 3.15. The summed E-state index contributed by atoms with van der Waals surface area (Å²) >= 11 is 12.5. The van der Waals surface area contributed by atoms with Crippen LogP contribution in [0.4, 0.5) is 10.1 Å². The van der Waals surface area contributed by atoms with Gasteiger partial charge >= 0.3 is 0 Å². The predicted octanol–water partition coefficient (Wildman–Crippen LogP) is 4.49. The van der Waals surface area contributed by atoms with Crippen molar-refractivity contribution in [1.82, 2.24) is 19.5 Å². The first kappa shape index (κ1) is 16.8. The lowest BCUT2D eigenvalue weighted by Gasteiger charge is -2.10. The van der Waals surface area contributed by atoms with Crippen LogP contribution in [0.5, 0.6) is 0 Å². The van der Waals surface area contributed by atoms with Crippen LogP contribution in [-0.4, -0.2) is 19.5 Å². The van der Waals surface area contributed by atoms with Gasteiger partial charge in [0.05, 0.1) is 24.9 Å². The minimum atomic E-state index is -0.355. The first-order chi connectivity index (χ1) is 12.6. The van der Waals surface area contributed by atoms with Gasteiger partial charge in [-0.15, -0.1) is 0 Å². The fourth-order valence-electron chi connectivity index (χ4n) is 2.64. The first-order valence-electron chi connectivity index (χ1n) is 7.73. The minimum absolute atomic E-state index is 0.355. The van der Waals surface area contributed by atoms with Crippen LogP contribution in [0.3, 0.4) is 0 Å².